The van der Waals surface area contributed by atoms with Crippen molar-refractivity contribution in [2.24, 2.45) is 0 Å². The molecule has 0 spiro atoms. The monoisotopic (exact) mass is 407 g/mol. The van der Waals surface area contributed by atoms with Crippen LogP contribution in [0.5, 0.6) is 0 Å². The molecule has 27 heavy (non-hydrogen) atoms. The fraction of sp³-hybridized carbons (Fsp3) is 0.400. The van der Waals surface area contributed by atoms with Gasteiger partial charge in [0.05, 0.1) is 21.7 Å². The van der Waals surface area contributed by atoms with Gasteiger partial charge in [0, 0.05) is 12.6 Å². The number of hydrogen-bond acceptors (Lipinski definition) is 5. The fourth-order valence-electron chi connectivity index (χ4n) is 3.45. The molecule has 2 aromatic carbocycles. The van der Waals surface area contributed by atoms with Crippen LogP contribution in [-0.2, 0) is 32.6 Å². The maximum atomic E-state index is 13.1. The van der Waals surface area contributed by atoms with E-state index in [4.69, 9.17) is 0 Å². The number of aryl methyl sites for hydroxylation is 2. The average Bonchev–Trinajstić information content (AvgIpc) is 2.96. The predicted molar refractivity (Wildman–Crippen MR) is 107 cm³/mol. The molecule has 0 amide bonds. The number of rotatable bonds is 6. The minimum Gasteiger partial charge on any atom is -0.308 e. The average molecular weight is 408 g/mol. The first-order valence-corrected chi connectivity index (χ1v) is 12.4. The lowest BCUT2D eigenvalue weighted by Crippen LogP contribution is -2.43. The van der Waals surface area contributed by atoms with E-state index in [0.717, 1.165) is 23.1 Å². The Morgan fingerprint density at radius 3 is 2.33 bits per heavy atom. The first-order chi connectivity index (χ1) is 12.7. The zero-order valence-corrected chi connectivity index (χ0v) is 17.2. The highest BCUT2D eigenvalue weighted by Gasteiger charge is 2.45. The van der Waals surface area contributed by atoms with Gasteiger partial charge in [-0.05, 0) is 42.2 Å². The summed E-state index contributed by atoms with van der Waals surface area (Å²) in [5.74, 6) is -0.494. The summed E-state index contributed by atoms with van der Waals surface area (Å²) in [6.45, 7) is 4.41. The van der Waals surface area contributed by atoms with E-state index in [-0.39, 0.29) is 16.4 Å². The van der Waals surface area contributed by atoms with E-state index < -0.39 is 31.0 Å². The van der Waals surface area contributed by atoms with Crippen LogP contribution in [0.25, 0.3) is 0 Å². The van der Waals surface area contributed by atoms with Crippen molar-refractivity contribution in [1.82, 2.24) is 5.32 Å². The van der Waals surface area contributed by atoms with Gasteiger partial charge in [-0.1, -0.05) is 43.3 Å². The highest BCUT2D eigenvalue weighted by atomic mass is 32.2. The zero-order chi connectivity index (χ0) is 19.7. The molecule has 7 heteroatoms. The summed E-state index contributed by atoms with van der Waals surface area (Å²) in [5.41, 5.74) is 3.16. The summed E-state index contributed by atoms with van der Waals surface area (Å²) in [6.07, 6.45) is 0.818. The van der Waals surface area contributed by atoms with E-state index in [2.05, 4.69) is 5.32 Å². The van der Waals surface area contributed by atoms with Crippen molar-refractivity contribution in [1.29, 1.82) is 0 Å². The molecule has 1 aliphatic heterocycles. The van der Waals surface area contributed by atoms with E-state index in [1.807, 2.05) is 38.1 Å². The molecule has 146 valence electrons. The van der Waals surface area contributed by atoms with Crippen LogP contribution in [0.2, 0.25) is 0 Å². The third-order valence-electron chi connectivity index (χ3n) is 5.18. The van der Waals surface area contributed by atoms with Crippen molar-refractivity contribution in [2.75, 3.05) is 11.5 Å². The smallest absolute Gasteiger partial charge is 0.183 e. The molecule has 1 N–H and O–H groups in total. The minimum absolute atomic E-state index is 0.157. The van der Waals surface area contributed by atoms with Crippen LogP contribution >= 0.6 is 0 Å². The number of nitrogens with one attached hydrogen (secondary N) is 1. The van der Waals surface area contributed by atoms with Crippen LogP contribution in [0.1, 0.15) is 23.6 Å². The minimum atomic E-state index is -3.74. The number of hydrogen-bond donors (Lipinski definition) is 1. The van der Waals surface area contributed by atoms with Crippen LogP contribution in [-0.4, -0.2) is 39.6 Å². The Bertz CT molecular complexity index is 1010. The third kappa shape index (κ3) is 4.42. The highest BCUT2D eigenvalue weighted by Crippen LogP contribution is 2.26. The van der Waals surface area contributed by atoms with Gasteiger partial charge < -0.3 is 5.32 Å². The molecule has 3 rings (SSSR count). The van der Waals surface area contributed by atoms with Gasteiger partial charge in [0.15, 0.2) is 19.7 Å². The SMILES string of the molecule is CCc1ccc(S(=O)(=O)C2CS(=O)(=O)CC2NCc2ccccc2C)cc1. The molecular formula is C20H25NO4S2. The van der Waals surface area contributed by atoms with E-state index >= 15 is 0 Å². The van der Waals surface area contributed by atoms with Crippen LogP contribution in [0.3, 0.4) is 0 Å². The topological polar surface area (TPSA) is 80.3 Å². The summed E-state index contributed by atoms with van der Waals surface area (Å²) in [5, 5.41) is 2.21. The Morgan fingerprint density at radius 1 is 1.04 bits per heavy atom. The summed E-state index contributed by atoms with van der Waals surface area (Å²) in [4.78, 5) is 0.185. The lowest BCUT2D eigenvalue weighted by molar-refractivity contribution is 0.525. The lowest BCUT2D eigenvalue weighted by atomic mass is 10.1. The van der Waals surface area contributed by atoms with Crippen LogP contribution in [0.4, 0.5) is 0 Å². The van der Waals surface area contributed by atoms with Gasteiger partial charge in [0.25, 0.3) is 0 Å². The second-order valence-electron chi connectivity index (χ2n) is 7.07. The Balaban J connectivity index is 1.85. The Morgan fingerprint density at radius 2 is 1.70 bits per heavy atom. The van der Waals surface area contributed by atoms with Crippen LogP contribution < -0.4 is 5.32 Å². The van der Waals surface area contributed by atoms with Crippen molar-refractivity contribution in [3.63, 3.8) is 0 Å². The molecule has 1 fully saturated rings. The summed E-state index contributed by atoms with van der Waals surface area (Å²) < 4.78 is 50.6. The van der Waals surface area contributed by atoms with Gasteiger partial charge in [0.1, 0.15) is 0 Å². The molecule has 5 nitrogen and oxygen atoms in total. The van der Waals surface area contributed by atoms with Crippen molar-refractivity contribution >= 4 is 19.7 Å². The molecule has 2 aromatic rings. The molecule has 0 radical (unpaired) electrons. The molecule has 0 aromatic heterocycles. The normalized spacial score (nSPS) is 22.0. The first-order valence-electron chi connectivity index (χ1n) is 9.04. The molecule has 0 bridgehead atoms. The third-order valence-corrected chi connectivity index (χ3v) is 9.34. The van der Waals surface area contributed by atoms with Crippen molar-refractivity contribution in [3.8, 4) is 0 Å². The second-order valence-corrected chi connectivity index (χ2v) is 11.4. The molecule has 2 atom stereocenters. The summed E-state index contributed by atoms with van der Waals surface area (Å²) in [7, 11) is -7.14. The number of benzene rings is 2. The molecule has 1 aliphatic rings. The van der Waals surface area contributed by atoms with Gasteiger partial charge in [-0.15, -0.1) is 0 Å². The molecule has 2 unspecified atom stereocenters. The molecule has 0 saturated carbocycles. The zero-order valence-electron chi connectivity index (χ0n) is 15.6. The highest BCUT2D eigenvalue weighted by molar-refractivity contribution is 7.96. The quantitative estimate of drug-likeness (QED) is 0.795. The fourth-order valence-corrected chi connectivity index (χ4v) is 8.17. The van der Waals surface area contributed by atoms with E-state index in [0.29, 0.717) is 6.54 Å². The maximum absolute atomic E-state index is 13.1. The van der Waals surface area contributed by atoms with Gasteiger partial charge in [-0.2, -0.15) is 0 Å². The van der Waals surface area contributed by atoms with E-state index in [1.165, 1.54) is 0 Å². The molecule has 0 aliphatic carbocycles. The summed E-state index contributed by atoms with van der Waals surface area (Å²) in [6, 6.07) is 13.9. The second kappa shape index (κ2) is 7.73. The van der Waals surface area contributed by atoms with Crippen LogP contribution in [0, 0.1) is 6.92 Å². The lowest BCUT2D eigenvalue weighted by Gasteiger charge is -2.20. The molecular weight excluding hydrogens is 382 g/mol. The van der Waals surface area contributed by atoms with Gasteiger partial charge in [0.2, 0.25) is 0 Å². The maximum Gasteiger partial charge on any atom is 0.183 e. The van der Waals surface area contributed by atoms with Crippen LogP contribution in [0.15, 0.2) is 53.4 Å². The van der Waals surface area contributed by atoms with E-state index in [1.54, 1.807) is 24.3 Å². The first kappa shape index (κ1) is 20.0. The Labute approximate surface area is 161 Å². The molecule has 1 saturated heterocycles. The van der Waals surface area contributed by atoms with Gasteiger partial charge >= 0.3 is 0 Å². The largest absolute Gasteiger partial charge is 0.308 e. The molecule has 1 heterocycles. The Kier molecular flexibility index (Phi) is 5.74. The summed E-state index contributed by atoms with van der Waals surface area (Å²) >= 11 is 0. The standard InChI is InChI=1S/C20H25NO4S2/c1-3-16-8-10-18(11-9-16)27(24,25)20-14-26(22,23)13-19(20)21-12-17-7-5-4-6-15(17)2/h4-11,19-21H,3,12-14H2,1-2H3. The van der Waals surface area contributed by atoms with Crippen molar-refractivity contribution in [2.45, 2.75) is 43.0 Å². The van der Waals surface area contributed by atoms with Crippen molar-refractivity contribution < 1.29 is 16.8 Å². The van der Waals surface area contributed by atoms with Crippen molar-refractivity contribution in [3.05, 3.63) is 65.2 Å². The Hall–Kier alpha value is -1.70. The van der Waals surface area contributed by atoms with Gasteiger partial charge in [-0.25, -0.2) is 16.8 Å². The van der Waals surface area contributed by atoms with E-state index in [9.17, 15) is 16.8 Å². The predicted octanol–water partition coefficient (Wildman–Crippen LogP) is 2.29. The number of sulfone groups is 2. The van der Waals surface area contributed by atoms with Gasteiger partial charge in [-0.3, -0.25) is 0 Å².